The molecule has 5 nitrogen and oxygen atoms in total. The number of aromatic nitrogens is 1. The number of carbonyl (C=O) groups excluding carboxylic acids is 1. The number of benzene rings is 2. The number of ether oxygens (including phenoxy) is 1. The van der Waals surface area contributed by atoms with Gasteiger partial charge >= 0.3 is 0 Å². The zero-order valence-electron chi connectivity index (χ0n) is 12.2. The minimum atomic E-state index is -0.365. The third-order valence-corrected chi connectivity index (χ3v) is 3.27. The number of rotatable bonds is 4. The number of methoxy groups -OCH3 is 1. The molecule has 0 radical (unpaired) electrons. The van der Waals surface area contributed by atoms with Crippen molar-refractivity contribution >= 4 is 11.6 Å². The van der Waals surface area contributed by atoms with Crippen LogP contribution < -0.4 is 10.1 Å². The summed E-state index contributed by atoms with van der Waals surface area (Å²) in [4.78, 5) is 12.4. The van der Waals surface area contributed by atoms with E-state index in [1.807, 2.05) is 0 Å². The Morgan fingerprint density at radius 2 is 1.83 bits per heavy atom. The topological polar surface area (TPSA) is 64.4 Å². The molecule has 1 amide bonds. The molecule has 1 heterocycles. The zero-order valence-corrected chi connectivity index (χ0v) is 12.2. The molecule has 116 valence electrons. The van der Waals surface area contributed by atoms with E-state index in [0.717, 1.165) is 0 Å². The van der Waals surface area contributed by atoms with E-state index in [9.17, 15) is 9.18 Å². The summed E-state index contributed by atoms with van der Waals surface area (Å²) in [7, 11) is 1.57. The highest BCUT2D eigenvalue weighted by Crippen LogP contribution is 2.25. The molecule has 0 spiro atoms. The summed E-state index contributed by atoms with van der Waals surface area (Å²) < 4.78 is 23.2. The summed E-state index contributed by atoms with van der Waals surface area (Å²) >= 11 is 0. The SMILES string of the molecule is COc1ccc(NC(=O)c2cnoc2-c2ccc(F)cc2)cc1. The van der Waals surface area contributed by atoms with E-state index in [1.165, 1.54) is 30.5 Å². The van der Waals surface area contributed by atoms with E-state index in [-0.39, 0.29) is 23.0 Å². The summed E-state index contributed by atoms with van der Waals surface area (Å²) in [6.07, 6.45) is 1.33. The number of carbonyl (C=O) groups is 1. The summed E-state index contributed by atoms with van der Waals surface area (Å²) in [5.74, 6) is 0.254. The van der Waals surface area contributed by atoms with Crippen LogP contribution in [0.25, 0.3) is 11.3 Å². The number of nitrogens with zero attached hydrogens (tertiary/aromatic N) is 1. The van der Waals surface area contributed by atoms with Gasteiger partial charge < -0.3 is 14.6 Å². The molecule has 0 saturated carbocycles. The summed E-state index contributed by atoms with van der Waals surface area (Å²) in [6.45, 7) is 0. The molecule has 0 aliphatic carbocycles. The number of nitrogens with one attached hydrogen (secondary N) is 1. The molecule has 2 aromatic carbocycles. The van der Waals surface area contributed by atoms with Crippen LogP contribution in [0.4, 0.5) is 10.1 Å². The predicted molar refractivity (Wildman–Crippen MR) is 82.8 cm³/mol. The third-order valence-electron chi connectivity index (χ3n) is 3.27. The van der Waals surface area contributed by atoms with Gasteiger partial charge in [0.1, 0.15) is 17.1 Å². The molecule has 0 saturated heterocycles. The first kappa shape index (κ1) is 14.8. The van der Waals surface area contributed by atoms with Gasteiger partial charge in [-0.05, 0) is 48.5 Å². The number of hydrogen-bond donors (Lipinski definition) is 1. The highest BCUT2D eigenvalue weighted by atomic mass is 19.1. The van der Waals surface area contributed by atoms with E-state index in [1.54, 1.807) is 31.4 Å². The van der Waals surface area contributed by atoms with Crippen LogP contribution in [0.15, 0.2) is 59.3 Å². The fourth-order valence-electron chi connectivity index (χ4n) is 2.08. The molecule has 1 aromatic heterocycles. The molecule has 0 bridgehead atoms. The Bertz CT molecular complexity index is 811. The molecule has 0 aliphatic heterocycles. The maximum Gasteiger partial charge on any atom is 0.261 e. The molecule has 3 aromatic rings. The van der Waals surface area contributed by atoms with E-state index in [4.69, 9.17) is 9.26 Å². The van der Waals surface area contributed by atoms with Crippen LogP contribution in [-0.4, -0.2) is 18.2 Å². The summed E-state index contributed by atoms with van der Waals surface area (Å²) in [6, 6.07) is 12.6. The van der Waals surface area contributed by atoms with Gasteiger partial charge in [-0.15, -0.1) is 0 Å². The van der Waals surface area contributed by atoms with Crippen LogP contribution in [0.3, 0.4) is 0 Å². The Balaban J connectivity index is 1.82. The Hall–Kier alpha value is -3.15. The summed E-state index contributed by atoms with van der Waals surface area (Å²) in [5, 5.41) is 6.41. The second-order valence-electron chi connectivity index (χ2n) is 4.76. The maximum atomic E-state index is 13.0. The van der Waals surface area contributed by atoms with Crippen LogP contribution in [0.2, 0.25) is 0 Å². The predicted octanol–water partition coefficient (Wildman–Crippen LogP) is 3.74. The summed E-state index contributed by atoms with van der Waals surface area (Å²) in [5.41, 5.74) is 1.46. The molecular weight excluding hydrogens is 299 g/mol. The zero-order chi connectivity index (χ0) is 16.2. The first-order valence-corrected chi connectivity index (χ1v) is 6.83. The molecule has 1 N–H and O–H groups in total. The van der Waals surface area contributed by atoms with Crippen LogP contribution in [0.5, 0.6) is 5.75 Å². The lowest BCUT2D eigenvalue weighted by molar-refractivity contribution is 0.102. The second kappa shape index (κ2) is 6.31. The number of anilines is 1. The van der Waals surface area contributed by atoms with Crippen LogP contribution in [0.1, 0.15) is 10.4 Å². The fourth-order valence-corrected chi connectivity index (χ4v) is 2.08. The van der Waals surface area contributed by atoms with Gasteiger partial charge in [-0.25, -0.2) is 4.39 Å². The smallest absolute Gasteiger partial charge is 0.261 e. The maximum absolute atomic E-state index is 13.0. The van der Waals surface area contributed by atoms with E-state index >= 15 is 0 Å². The lowest BCUT2D eigenvalue weighted by Crippen LogP contribution is -2.11. The quantitative estimate of drug-likeness (QED) is 0.797. The van der Waals surface area contributed by atoms with Gasteiger partial charge in [-0.1, -0.05) is 5.16 Å². The molecule has 23 heavy (non-hydrogen) atoms. The average molecular weight is 312 g/mol. The Morgan fingerprint density at radius 3 is 2.48 bits per heavy atom. The molecule has 3 rings (SSSR count). The normalized spacial score (nSPS) is 10.3. The second-order valence-corrected chi connectivity index (χ2v) is 4.76. The van der Waals surface area contributed by atoms with Crippen LogP contribution in [-0.2, 0) is 0 Å². The van der Waals surface area contributed by atoms with Crippen molar-refractivity contribution in [3.8, 4) is 17.1 Å². The van der Waals surface area contributed by atoms with Crippen molar-refractivity contribution in [1.82, 2.24) is 5.16 Å². The van der Waals surface area contributed by atoms with Crippen LogP contribution in [0, 0.1) is 5.82 Å². The van der Waals surface area contributed by atoms with Crippen molar-refractivity contribution in [2.75, 3.05) is 12.4 Å². The Labute approximate surface area is 131 Å². The molecule has 0 aliphatic rings. The lowest BCUT2D eigenvalue weighted by atomic mass is 10.1. The van der Waals surface area contributed by atoms with Crippen molar-refractivity contribution < 1.29 is 18.4 Å². The van der Waals surface area contributed by atoms with E-state index in [0.29, 0.717) is 17.0 Å². The first-order valence-electron chi connectivity index (χ1n) is 6.83. The Morgan fingerprint density at radius 1 is 1.13 bits per heavy atom. The highest BCUT2D eigenvalue weighted by Gasteiger charge is 2.18. The third kappa shape index (κ3) is 3.21. The van der Waals surface area contributed by atoms with Gasteiger partial charge in [-0.2, -0.15) is 0 Å². The fraction of sp³-hybridized carbons (Fsp3) is 0.0588. The number of amides is 1. The standard InChI is InChI=1S/C17H13FN2O3/c1-22-14-8-6-13(7-9-14)20-17(21)15-10-19-23-16(15)11-2-4-12(18)5-3-11/h2-10H,1H3,(H,20,21). The van der Waals surface area contributed by atoms with E-state index in [2.05, 4.69) is 10.5 Å². The number of hydrogen-bond acceptors (Lipinski definition) is 4. The molecule has 0 unspecified atom stereocenters. The molecule has 0 atom stereocenters. The first-order chi connectivity index (χ1) is 11.2. The van der Waals surface area contributed by atoms with Gasteiger partial charge in [0.05, 0.1) is 13.3 Å². The van der Waals surface area contributed by atoms with Crippen molar-refractivity contribution in [1.29, 1.82) is 0 Å². The molecule has 6 heteroatoms. The highest BCUT2D eigenvalue weighted by molar-refractivity contribution is 6.07. The Kier molecular flexibility index (Phi) is 4.05. The van der Waals surface area contributed by atoms with Gasteiger partial charge in [0.15, 0.2) is 5.76 Å². The lowest BCUT2D eigenvalue weighted by Gasteiger charge is -2.06. The largest absolute Gasteiger partial charge is 0.497 e. The average Bonchev–Trinajstić information content (AvgIpc) is 3.06. The van der Waals surface area contributed by atoms with Gasteiger partial charge in [0, 0.05) is 11.3 Å². The van der Waals surface area contributed by atoms with Crippen LogP contribution >= 0.6 is 0 Å². The van der Waals surface area contributed by atoms with Gasteiger partial charge in [0.2, 0.25) is 0 Å². The number of halogens is 1. The molecular formula is C17H13FN2O3. The van der Waals surface area contributed by atoms with Crippen molar-refractivity contribution in [3.05, 3.63) is 66.1 Å². The monoisotopic (exact) mass is 312 g/mol. The van der Waals surface area contributed by atoms with Gasteiger partial charge in [-0.3, -0.25) is 4.79 Å². The van der Waals surface area contributed by atoms with Crippen molar-refractivity contribution in [2.24, 2.45) is 0 Å². The minimum Gasteiger partial charge on any atom is -0.497 e. The van der Waals surface area contributed by atoms with Crippen molar-refractivity contribution in [2.45, 2.75) is 0 Å². The van der Waals surface area contributed by atoms with E-state index < -0.39 is 0 Å². The molecule has 0 fully saturated rings. The minimum absolute atomic E-state index is 0.271. The van der Waals surface area contributed by atoms with Crippen molar-refractivity contribution in [3.63, 3.8) is 0 Å². The van der Waals surface area contributed by atoms with Gasteiger partial charge in [0.25, 0.3) is 5.91 Å².